The summed E-state index contributed by atoms with van der Waals surface area (Å²) in [5, 5.41) is 0. The fourth-order valence-electron chi connectivity index (χ4n) is 3.25. The molecule has 3 rings (SSSR count). The minimum atomic E-state index is 1.07. The number of nitrogens with zero attached hydrogens (tertiary/aromatic N) is 1. The van der Waals surface area contributed by atoms with E-state index >= 15 is 0 Å². The highest BCUT2D eigenvalue weighted by Crippen LogP contribution is 2.39. The molecule has 1 nitrogen and oxygen atoms in total. The van der Waals surface area contributed by atoms with Crippen molar-refractivity contribution in [2.24, 2.45) is 0 Å². The first-order valence-corrected chi connectivity index (χ1v) is 7.62. The topological polar surface area (TPSA) is 3.24 Å². The van der Waals surface area contributed by atoms with Gasteiger partial charge in [0.15, 0.2) is 0 Å². The van der Waals surface area contributed by atoms with Gasteiger partial charge in [-0.1, -0.05) is 18.2 Å². The van der Waals surface area contributed by atoms with Crippen molar-refractivity contribution < 1.29 is 0 Å². The van der Waals surface area contributed by atoms with Crippen molar-refractivity contribution in [3.63, 3.8) is 0 Å². The number of rotatable bonds is 3. The Hall–Kier alpha value is -1.76. The molecular formula is C19H23N. The number of aryl methyl sites for hydroxylation is 2. The van der Waals surface area contributed by atoms with Crippen LogP contribution in [-0.4, -0.2) is 13.1 Å². The van der Waals surface area contributed by atoms with Gasteiger partial charge in [-0.05, 0) is 79.6 Å². The van der Waals surface area contributed by atoms with Crippen molar-refractivity contribution in [3.8, 4) is 11.1 Å². The summed E-state index contributed by atoms with van der Waals surface area (Å²) in [6.45, 7) is 11.0. The summed E-state index contributed by atoms with van der Waals surface area (Å²) in [4.78, 5) is 2.42. The average molecular weight is 265 g/mol. The molecule has 0 spiro atoms. The van der Waals surface area contributed by atoms with Gasteiger partial charge in [-0.2, -0.15) is 0 Å². The maximum atomic E-state index is 2.42. The van der Waals surface area contributed by atoms with E-state index in [1.807, 2.05) is 0 Å². The van der Waals surface area contributed by atoms with E-state index in [1.54, 1.807) is 0 Å². The molecule has 20 heavy (non-hydrogen) atoms. The second-order valence-electron chi connectivity index (χ2n) is 5.78. The molecule has 104 valence electrons. The van der Waals surface area contributed by atoms with Gasteiger partial charge in [-0.25, -0.2) is 0 Å². The molecule has 0 aliphatic heterocycles. The van der Waals surface area contributed by atoms with E-state index in [9.17, 15) is 0 Å². The summed E-state index contributed by atoms with van der Waals surface area (Å²) < 4.78 is 0. The Kier molecular flexibility index (Phi) is 3.29. The quantitative estimate of drug-likeness (QED) is 0.662. The van der Waals surface area contributed by atoms with Gasteiger partial charge in [0.05, 0.1) is 0 Å². The van der Waals surface area contributed by atoms with Gasteiger partial charge < -0.3 is 4.90 Å². The molecule has 0 N–H and O–H groups in total. The Balaban J connectivity index is 2.05. The summed E-state index contributed by atoms with van der Waals surface area (Å²) in [6, 6.07) is 11.7. The van der Waals surface area contributed by atoms with Crippen LogP contribution >= 0.6 is 0 Å². The monoisotopic (exact) mass is 265 g/mol. The van der Waals surface area contributed by atoms with Gasteiger partial charge in [0.2, 0.25) is 0 Å². The summed E-state index contributed by atoms with van der Waals surface area (Å²) in [5.74, 6) is 0. The van der Waals surface area contributed by atoms with Gasteiger partial charge in [-0.15, -0.1) is 0 Å². The van der Waals surface area contributed by atoms with Crippen LogP contribution in [0.2, 0.25) is 0 Å². The van der Waals surface area contributed by atoms with Crippen molar-refractivity contribution in [1.82, 2.24) is 0 Å². The third kappa shape index (κ3) is 2.02. The first-order chi connectivity index (χ1) is 9.63. The lowest BCUT2D eigenvalue weighted by molar-refractivity contribution is 0.865. The SMILES string of the molecule is CCN(CC)c1ccc2c(c1)Cc1cc(C)c(C)cc1-2. The average Bonchev–Trinajstić information content (AvgIpc) is 2.78. The van der Waals surface area contributed by atoms with Crippen molar-refractivity contribution >= 4 is 5.69 Å². The molecule has 0 saturated carbocycles. The molecule has 0 bridgehead atoms. The second-order valence-corrected chi connectivity index (χ2v) is 5.78. The number of anilines is 1. The molecule has 0 aromatic heterocycles. The molecule has 1 aliphatic rings. The Morgan fingerprint density at radius 2 is 1.50 bits per heavy atom. The zero-order valence-corrected chi connectivity index (χ0v) is 13.0. The van der Waals surface area contributed by atoms with Crippen LogP contribution in [-0.2, 0) is 6.42 Å². The van der Waals surface area contributed by atoms with Crippen molar-refractivity contribution in [1.29, 1.82) is 0 Å². The van der Waals surface area contributed by atoms with Gasteiger partial charge >= 0.3 is 0 Å². The highest BCUT2D eigenvalue weighted by atomic mass is 15.1. The predicted octanol–water partition coefficient (Wildman–Crippen LogP) is 4.72. The Bertz CT molecular complexity index is 651. The summed E-state index contributed by atoms with van der Waals surface area (Å²) in [5.41, 5.74) is 9.99. The highest BCUT2D eigenvalue weighted by molar-refractivity contribution is 5.79. The lowest BCUT2D eigenvalue weighted by atomic mass is 10.00. The van der Waals surface area contributed by atoms with Crippen LogP contribution < -0.4 is 4.90 Å². The number of fused-ring (bicyclic) bond motifs is 3. The Morgan fingerprint density at radius 1 is 0.850 bits per heavy atom. The zero-order valence-electron chi connectivity index (χ0n) is 13.0. The van der Waals surface area contributed by atoms with Crippen LogP contribution in [0.3, 0.4) is 0 Å². The largest absolute Gasteiger partial charge is 0.372 e. The van der Waals surface area contributed by atoms with Crippen LogP contribution in [0.25, 0.3) is 11.1 Å². The zero-order chi connectivity index (χ0) is 14.3. The standard InChI is InChI=1S/C19H23N/c1-5-20(6-2)17-7-8-18-16(12-17)11-15-9-13(3)14(4)10-19(15)18/h7-10,12H,5-6,11H2,1-4H3. The van der Waals surface area contributed by atoms with Crippen LogP contribution in [0.5, 0.6) is 0 Å². The fraction of sp³-hybridized carbons (Fsp3) is 0.368. The minimum Gasteiger partial charge on any atom is -0.372 e. The van der Waals surface area contributed by atoms with Crippen LogP contribution in [0.1, 0.15) is 36.1 Å². The van der Waals surface area contributed by atoms with Crippen LogP contribution in [0.4, 0.5) is 5.69 Å². The van der Waals surface area contributed by atoms with Gasteiger partial charge in [0.25, 0.3) is 0 Å². The Morgan fingerprint density at radius 3 is 2.20 bits per heavy atom. The molecule has 0 heterocycles. The molecule has 2 aromatic rings. The fourth-order valence-corrected chi connectivity index (χ4v) is 3.25. The van der Waals surface area contributed by atoms with E-state index in [2.05, 4.69) is 62.9 Å². The molecule has 1 heteroatoms. The predicted molar refractivity (Wildman–Crippen MR) is 87.7 cm³/mol. The Labute approximate surface area is 122 Å². The lowest BCUT2D eigenvalue weighted by Gasteiger charge is -2.21. The number of benzene rings is 2. The number of hydrogen-bond acceptors (Lipinski definition) is 1. The lowest BCUT2D eigenvalue weighted by Crippen LogP contribution is -2.21. The summed E-state index contributed by atoms with van der Waals surface area (Å²) in [6.07, 6.45) is 1.08. The molecule has 0 amide bonds. The maximum Gasteiger partial charge on any atom is 0.0369 e. The summed E-state index contributed by atoms with van der Waals surface area (Å²) in [7, 11) is 0. The van der Waals surface area contributed by atoms with Crippen molar-refractivity contribution in [3.05, 3.63) is 52.6 Å². The molecule has 0 radical (unpaired) electrons. The van der Waals surface area contributed by atoms with Crippen molar-refractivity contribution in [2.75, 3.05) is 18.0 Å². The molecule has 2 aromatic carbocycles. The molecule has 0 atom stereocenters. The molecular weight excluding hydrogens is 242 g/mol. The van der Waals surface area contributed by atoms with Crippen LogP contribution in [0, 0.1) is 13.8 Å². The van der Waals surface area contributed by atoms with E-state index in [1.165, 1.54) is 39.1 Å². The van der Waals surface area contributed by atoms with E-state index < -0.39 is 0 Å². The van der Waals surface area contributed by atoms with E-state index in [0.29, 0.717) is 0 Å². The van der Waals surface area contributed by atoms with Crippen molar-refractivity contribution in [2.45, 2.75) is 34.1 Å². The third-order valence-corrected chi connectivity index (χ3v) is 4.61. The first-order valence-electron chi connectivity index (χ1n) is 7.62. The van der Waals surface area contributed by atoms with E-state index in [0.717, 1.165) is 19.5 Å². The minimum absolute atomic E-state index is 1.07. The van der Waals surface area contributed by atoms with Gasteiger partial charge in [0, 0.05) is 18.8 Å². The van der Waals surface area contributed by atoms with E-state index in [4.69, 9.17) is 0 Å². The summed E-state index contributed by atoms with van der Waals surface area (Å²) >= 11 is 0. The van der Waals surface area contributed by atoms with E-state index in [-0.39, 0.29) is 0 Å². The second kappa shape index (κ2) is 4.97. The smallest absolute Gasteiger partial charge is 0.0369 e. The highest BCUT2D eigenvalue weighted by Gasteiger charge is 2.20. The number of hydrogen-bond donors (Lipinski definition) is 0. The van der Waals surface area contributed by atoms with Gasteiger partial charge in [0.1, 0.15) is 0 Å². The molecule has 0 fully saturated rings. The third-order valence-electron chi connectivity index (χ3n) is 4.61. The first kappa shape index (κ1) is 13.2. The molecule has 0 saturated heterocycles. The van der Waals surface area contributed by atoms with Gasteiger partial charge in [-0.3, -0.25) is 0 Å². The van der Waals surface area contributed by atoms with Crippen LogP contribution in [0.15, 0.2) is 30.3 Å². The maximum absolute atomic E-state index is 2.42. The normalized spacial score (nSPS) is 12.2. The molecule has 1 aliphatic carbocycles. The molecule has 0 unspecified atom stereocenters.